The lowest BCUT2D eigenvalue weighted by atomic mass is 9.74. The Morgan fingerprint density at radius 2 is 1.73 bits per heavy atom. The van der Waals surface area contributed by atoms with Crippen LogP contribution in [0.4, 0.5) is 0 Å². The van der Waals surface area contributed by atoms with Crippen LogP contribution in [0, 0.1) is 5.41 Å². The van der Waals surface area contributed by atoms with Gasteiger partial charge in [-0.05, 0) is 37.3 Å². The molecule has 0 aromatic carbocycles. The number of hydrogen-bond acceptors (Lipinski definition) is 15. The summed E-state index contributed by atoms with van der Waals surface area (Å²) in [6.07, 6.45) is 3.96. The highest BCUT2D eigenvalue weighted by Crippen LogP contribution is 2.47. The Balaban J connectivity index is 2.04. The molecule has 312 valence electrons. The number of rotatable bonds is 13. The number of methoxy groups -OCH3 is 1. The summed E-state index contributed by atoms with van der Waals surface area (Å²) in [7, 11) is 1.19. The molecule has 15 nitrogen and oxygen atoms in total. The number of hydrogen-bond donors (Lipinski definition) is 3. The summed E-state index contributed by atoms with van der Waals surface area (Å²) in [5.41, 5.74) is -1.22. The summed E-state index contributed by atoms with van der Waals surface area (Å²) in [5.74, 6) is -4.94. The molecule has 55 heavy (non-hydrogen) atoms. The first-order valence-corrected chi connectivity index (χ1v) is 19.4. The van der Waals surface area contributed by atoms with Gasteiger partial charge in [0.2, 0.25) is 5.79 Å². The summed E-state index contributed by atoms with van der Waals surface area (Å²) < 4.78 is 46.1. The van der Waals surface area contributed by atoms with Gasteiger partial charge in [-0.15, -0.1) is 0 Å². The number of aliphatic hydroxyl groups is 3. The van der Waals surface area contributed by atoms with E-state index in [4.69, 9.17) is 37.9 Å². The monoisotopic (exact) mass is 782 g/mol. The lowest BCUT2D eigenvalue weighted by Gasteiger charge is -2.51. The Bertz CT molecular complexity index is 1310. The molecule has 4 bridgehead atoms. The van der Waals surface area contributed by atoms with Gasteiger partial charge >= 0.3 is 23.9 Å². The average Bonchev–Trinajstić information content (AvgIpc) is 3.13. The molecule has 8 atom stereocenters. The lowest BCUT2D eigenvalue weighted by Crippen LogP contribution is -2.62. The van der Waals surface area contributed by atoms with Gasteiger partial charge in [-0.2, -0.15) is 0 Å². The molecule has 3 aliphatic heterocycles. The van der Waals surface area contributed by atoms with Crippen LogP contribution >= 0.6 is 0 Å². The van der Waals surface area contributed by atoms with E-state index in [1.54, 1.807) is 26.0 Å². The van der Waals surface area contributed by atoms with Crippen molar-refractivity contribution >= 4 is 23.9 Å². The first-order chi connectivity index (χ1) is 26.2. The van der Waals surface area contributed by atoms with Crippen molar-refractivity contribution in [2.45, 2.75) is 153 Å². The fraction of sp³-hybridized carbons (Fsp3) is 0.750. The molecule has 0 aromatic heterocycles. The summed E-state index contributed by atoms with van der Waals surface area (Å²) in [5, 5.41) is 33.4. The van der Waals surface area contributed by atoms with E-state index in [2.05, 4.69) is 13.5 Å². The molecular formula is C40H62O15. The second-order valence-corrected chi connectivity index (χ2v) is 14.9. The van der Waals surface area contributed by atoms with E-state index >= 15 is 0 Å². The summed E-state index contributed by atoms with van der Waals surface area (Å²) >= 11 is 0. The normalized spacial score (nSPS) is 31.4. The number of carbonyl (C=O) groups is 4. The molecule has 0 aliphatic carbocycles. The topological polar surface area (TPSA) is 203 Å². The molecule has 0 spiro atoms. The molecule has 2 fully saturated rings. The highest BCUT2D eigenvalue weighted by atomic mass is 16.7. The number of esters is 4. The van der Waals surface area contributed by atoms with E-state index < -0.39 is 84.6 Å². The molecule has 2 saturated heterocycles. The Kier molecular flexibility index (Phi) is 19.4. The molecular weight excluding hydrogens is 720 g/mol. The maximum atomic E-state index is 13.3. The van der Waals surface area contributed by atoms with Gasteiger partial charge in [0.05, 0.1) is 51.0 Å². The zero-order valence-electron chi connectivity index (χ0n) is 32.8. The average molecular weight is 783 g/mol. The summed E-state index contributed by atoms with van der Waals surface area (Å²) in [6.45, 7) is 8.80. The third-order valence-corrected chi connectivity index (χ3v) is 9.88. The quantitative estimate of drug-likeness (QED) is 0.0798. The van der Waals surface area contributed by atoms with Crippen molar-refractivity contribution < 1.29 is 72.4 Å². The van der Waals surface area contributed by atoms with Crippen LogP contribution in [0.1, 0.15) is 104 Å². The van der Waals surface area contributed by atoms with E-state index in [1.165, 1.54) is 13.2 Å². The molecule has 3 aliphatic rings. The van der Waals surface area contributed by atoms with Crippen molar-refractivity contribution in [3.05, 3.63) is 36.5 Å². The van der Waals surface area contributed by atoms with Gasteiger partial charge in [0.15, 0.2) is 12.4 Å². The van der Waals surface area contributed by atoms with E-state index in [-0.39, 0.29) is 63.9 Å². The second-order valence-electron chi connectivity index (χ2n) is 14.9. The number of carbonyl (C=O) groups excluding carboxylic acids is 4. The Morgan fingerprint density at radius 1 is 1.00 bits per heavy atom. The Hall–Kier alpha value is -3.18. The molecule has 3 N–H and O–H groups in total. The van der Waals surface area contributed by atoms with E-state index in [0.717, 1.165) is 31.8 Å². The van der Waals surface area contributed by atoms with Crippen molar-refractivity contribution in [1.29, 1.82) is 0 Å². The molecule has 0 saturated carbocycles. The van der Waals surface area contributed by atoms with Crippen molar-refractivity contribution in [3.8, 4) is 0 Å². The van der Waals surface area contributed by atoms with Crippen LogP contribution in [0.25, 0.3) is 0 Å². The minimum Gasteiger partial charge on any atom is -0.466 e. The fourth-order valence-corrected chi connectivity index (χ4v) is 6.74. The van der Waals surface area contributed by atoms with Crippen LogP contribution in [-0.4, -0.2) is 121 Å². The predicted molar refractivity (Wildman–Crippen MR) is 197 cm³/mol. The second kappa shape index (κ2) is 23.1. The van der Waals surface area contributed by atoms with Gasteiger partial charge in [0.1, 0.15) is 12.7 Å². The van der Waals surface area contributed by atoms with Crippen LogP contribution in [0.15, 0.2) is 36.5 Å². The predicted octanol–water partition coefficient (Wildman–Crippen LogP) is 3.89. The third kappa shape index (κ3) is 15.0. The van der Waals surface area contributed by atoms with Crippen molar-refractivity contribution in [2.75, 3.05) is 33.5 Å². The van der Waals surface area contributed by atoms with Crippen LogP contribution in [-0.2, 0) is 57.1 Å². The maximum absolute atomic E-state index is 13.3. The minimum absolute atomic E-state index is 0.0516. The largest absolute Gasteiger partial charge is 0.466 e. The van der Waals surface area contributed by atoms with Crippen LogP contribution in [0.2, 0.25) is 0 Å². The van der Waals surface area contributed by atoms with E-state index in [1.807, 2.05) is 0 Å². The van der Waals surface area contributed by atoms with Gasteiger partial charge in [-0.25, -0.2) is 4.79 Å². The third-order valence-electron chi connectivity index (χ3n) is 9.88. The molecule has 3 heterocycles. The van der Waals surface area contributed by atoms with Crippen LogP contribution in [0.5, 0.6) is 0 Å². The molecule has 0 aromatic rings. The van der Waals surface area contributed by atoms with E-state index in [0.29, 0.717) is 19.3 Å². The first kappa shape index (κ1) is 46.2. The van der Waals surface area contributed by atoms with Gasteiger partial charge in [-0.1, -0.05) is 65.2 Å². The van der Waals surface area contributed by atoms with Gasteiger partial charge < -0.3 is 53.2 Å². The molecule has 0 radical (unpaired) electrons. The summed E-state index contributed by atoms with van der Waals surface area (Å²) in [6, 6.07) is 0. The maximum Gasteiger partial charge on any atom is 0.330 e. The standard InChI is InChI=1S/C40H62O15/c1-6-8-9-10-11-12-33(43)54-38-27(21-34(44)48-5)20-31-24-32(26-41)51-36(46)22-28(42)14-18-49-19-15-29-23-30(25-35(45)50-17-7-2)53-37(52-29)13-16-39(3,4)40(38,47)55-31/h7,13,16,21,28-32,37-38,41-42,47H,2,6,8-12,14-15,17-20,22-26H2,1,3-5H3/t28-,29?,30-,31+,32-,37-,38+,40-/m1/s1. The zero-order chi connectivity index (χ0) is 40.4. The highest BCUT2D eigenvalue weighted by Gasteiger charge is 2.57. The number of ether oxygens (including phenoxy) is 8. The van der Waals surface area contributed by atoms with Crippen molar-refractivity contribution in [3.63, 3.8) is 0 Å². The Labute approximate surface area is 324 Å². The minimum atomic E-state index is -2.35. The summed E-state index contributed by atoms with van der Waals surface area (Å²) in [4.78, 5) is 51.4. The number of cyclic esters (lactones) is 1. The van der Waals surface area contributed by atoms with Crippen molar-refractivity contribution in [2.24, 2.45) is 5.41 Å². The first-order valence-electron chi connectivity index (χ1n) is 19.4. The number of fused-ring (bicyclic) bond motifs is 4. The van der Waals surface area contributed by atoms with Crippen LogP contribution in [0.3, 0.4) is 0 Å². The fourth-order valence-electron chi connectivity index (χ4n) is 6.74. The van der Waals surface area contributed by atoms with Gasteiger partial charge in [-0.3, -0.25) is 14.4 Å². The molecule has 15 heteroatoms. The van der Waals surface area contributed by atoms with Crippen LogP contribution < -0.4 is 0 Å². The Morgan fingerprint density at radius 3 is 2.44 bits per heavy atom. The van der Waals surface area contributed by atoms with Gasteiger partial charge in [0, 0.05) is 44.0 Å². The molecule has 0 amide bonds. The smallest absolute Gasteiger partial charge is 0.330 e. The van der Waals surface area contributed by atoms with Crippen molar-refractivity contribution in [1.82, 2.24) is 0 Å². The number of aliphatic hydroxyl groups excluding tert-OH is 2. The number of unbranched alkanes of at least 4 members (excludes halogenated alkanes) is 4. The van der Waals surface area contributed by atoms with E-state index in [9.17, 15) is 34.5 Å². The zero-order valence-corrected chi connectivity index (χ0v) is 32.8. The lowest BCUT2D eigenvalue weighted by molar-refractivity contribution is -0.327. The SMILES string of the molecule is C=CCOC(=O)C[C@H]1CC2CCOCC[C@@H](O)CC(=O)O[C@@H](CO)C[C@@H]3CC(=CC(=O)OC)[C@H](OC(=O)CCCCCCC)[C@@](O)(O3)C(C)(C)C=C[C@H](O2)O1. The van der Waals surface area contributed by atoms with Gasteiger partial charge in [0.25, 0.3) is 0 Å². The molecule has 3 rings (SSSR count). The highest BCUT2D eigenvalue weighted by molar-refractivity contribution is 5.83. The molecule has 1 unspecified atom stereocenters.